The smallest absolute Gasteiger partial charge is 0.315 e. The van der Waals surface area contributed by atoms with Gasteiger partial charge in [-0.15, -0.1) is 0 Å². The molecule has 1 aliphatic carbocycles. The van der Waals surface area contributed by atoms with Gasteiger partial charge in [-0.05, 0) is 54.5 Å². The number of ether oxygens (including phenoxy) is 1. The minimum atomic E-state index is -0.140. The Kier molecular flexibility index (Phi) is 7.54. The fourth-order valence-corrected chi connectivity index (χ4v) is 5.50. The molecule has 1 aliphatic rings. The molecule has 0 saturated heterocycles. The molecule has 1 saturated carbocycles. The average Bonchev–Trinajstić information content (AvgIpc) is 3.35. The van der Waals surface area contributed by atoms with E-state index in [0.717, 1.165) is 51.9 Å². The van der Waals surface area contributed by atoms with Crippen molar-refractivity contribution in [2.24, 2.45) is 5.92 Å². The summed E-state index contributed by atoms with van der Waals surface area (Å²) in [6.07, 6.45) is 5.56. The van der Waals surface area contributed by atoms with Gasteiger partial charge < -0.3 is 25.7 Å². The van der Waals surface area contributed by atoms with Crippen LogP contribution >= 0.6 is 0 Å². The zero-order valence-electron chi connectivity index (χ0n) is 23.1. The van der Waals surface area contributed by atoms with Crippen LogP contribution < -0.4 is 21.1 Å². The zero-order valence-corrected chi connectivity index (χ0v) is 23.1. The maximum absolute atomic E-state index is 12.4. The molecule has 1 fully saturated rings. The van der Waals surface area contributed by atoms with Crippen LogP contribution in [0, 0.1) is 12.8 Å². The number of nitrogens with one attached hydrogen (secondary N) is 2. The summed E-state index contributed by atoms with van der Waals surface area (Å²) in [4.78, 5) is 21.2. The Hall–Kier alpha value is -4.85. The fraction of sp³-hybridized carbons (Fsp3) is 0.242. The second kappa shape index (κ2) is 11.7. The van der Waals surface area contributed by atoms with Crippen LogP contribution in [0.4, 0.5) is 10.6 Å². The van der Waals surface area contributed by atoms with Gasteiger partial charge in [0.15, 0.2) is 0 Å². The summed E-state index contributed by atoms with van der Waals surface area (Å²) in [7, 11) is 0. The number of nitrogens with zero attached hydrogens (tertiary/aromatic N) is 3. The zero-order chi connectivity index (χ0) is 28.2. The standard InChI is InChI=1S/C33H34N6O2/c1-22-7-5-10-24(13-22)17-35-33(40)36-18-25-14-27(15-25)39-19-29(30-31(34)37-21-38-32(30)39)26-11-6-12-28(16-26)41-20-23-8-3-2-4-9-23/h2-13,16,19,21,25,27H,14-15,17-18,20H2,1H3,(H2,34,37,38)(H2,35,36,40). The Morgan fingerprint density at radius 1 is 0.976 bits per heavy atom. The van der Waals surface area contributed by atoms with E-state index in [0.29, 0.717) is 31.4 Å². The number of hydrogen-bond donors (Lipinski definition) is 3. The summed E-state index contributed by atoms with van der Waals surface area (Å²) < 4.78 is 8.30. The summed E-state index contributed by atoms with van der Waals surface area (Å²) in [6, 6.07) is 26.5. The second-order valence-corrected chi connectivity index (χ2v) is 10.8. The molecule has 8 nitrogen and oxygen atoms in total. The molecule has 2 amide bonds. The third kappa shape index (κ3) is 6.01. The number of aromatic nitrogens is 3. The molecule has 2 heterocycles. The van der Waals surface area contributed by atoms with E-state index in [2.05, 4.69) is 55.6 Å². The normalized spacial score (nSPS) is 16.2. The number of hydrogen-bond acceptors (Lipinski definition) is 5. The lowest BCUT2D eigenvalue weighted by Gasteiger charge is -2.36. The third-order valence-electron chi connectivity index (χ3n) is 7.72. The summed E-state index contributed by atoms with van der Waals surface area (Å²) >= 11 is 0. The lowest BCUT2D eigenvalue weighted by molar-refractivity contribution is 0.192. The Balaban J connectivity index is 1.11. The molecule has 0 aliphatic heterocycles. The van der Waals surface area contributed by atoms with Gasteiger partial charge >= 0.3 is 6.03 Å². The molecule has 41 heavy (non-hydrogen) atoms. The molecule has 208 valence electrons. The first kappa shape index (κ1) is 26.4. The number of benzene rings is 3. The number of aryl methyl sites for hydroxylation is 1. The third-order valence-corrected chi connectivity index (χ3v) is 7.72. The topological polar surface area (TPSA) is 107 Å². The molecule has 0 bridgehead atoms. The van der Waals surface area contributed by atoms with E-state index in [1.165, 1.54) is 11.9 Å². The molecular weight excluding hydrogens is 512 g/mol. The van der Waals surface area contributed by atoms with E-state index in [9.17, 15) is 4.79 Å². The number of nitrogen functional groups attached to an aromatic ring is 1. The molecule has 4 N–H and O–H groups in total. The average molecular weight is 547 g/mol. The van der Waals surface area contributed by atoms with Crippen molar-refractivity contribution in [3.8, 4) is 16.9 Å². The van der Waals surface area contributed by atoms with E-state index >= 15 is 0 Å². The number of urea groups is 1. The Morgan fingerprint density at radius 3 is 2.61 bits per heavy atom. The highest BCUT2D eigenvalue weighted by Gasteiger charge is 2.32. The van der Waals surface area contributed by atoms with Crippen molar-refractivity contribution in [3.05, 3.63) is 108 Å². The van der Waals surface area contributed by atoms with Gasteiger partial charge in [-0.3, -0.25) is 0 Å². The number of anilines is 1. The van der Waals surface area contributed by atoms with Crippen LogP contribution in [0.1, 0.15) is 35.6 Å². The van der Waals surface area contributed by atoms with Gasteiger partial charge in [0.1, 0.15) is 30.1 Å². The van der Waals surface area contributed by atoms with Crippen LogP contribution in [-0.2, 0) is 13.2 Å². The van der Waals surface area contributed by atoms with Crippen LogP contribution in [0.2, 0.25) is 0 Å². The Morgan fingerprint density at radius 2 is 1.78 bits per heavy atom. The number of amides is 2. The van der Waals surface area contributed by atoms with Crippen molar-refractivity contribution in [3.63, 3.8) is 0 Å². The second-order valence-electron chi connectivity index (χ2n) is 10.8. The van der Waals surface area contributed by atoms with E-state index in [1.807, 2.05) is 61.5 Å². The minimum absolute atomic E-state index is 0.140. The number of nitrogens with two attached hydrogens (primary N) is 1. The Bertz CT molecular complexity index is 1660. The molecule has 2 aromatic heterocycles. The van der Waals surface area contributed by atoms with Gasteiger partial charge in [-0.25, -0.2) is 14.8 Å². The number of carbonyl (C=O) groups excluding carboxylic acids is 1. The maximum atomic E-state index is 12.4. The van der Waals surface area contributed by atoms with E-state index in [-0.39, 0.29) is 12.1 Å². The van der Waals surface area contributed by atoms with Gasteiger partial charge in [0.25, 0.3) is 0 Å². The first-order chi connectivity index (χ1) is 20.0. The molecule has 5 aromatic rings. The summed E-state index contributed by atoms with van der Waals surface area (Å²) in [6.45, 7) is 3.70. The quantitative estimate of drug-likeness (QED) is 0.210. The SMILES string of the molecule is Cc1cccc(CNC(=O)NCC2CC(n3cc(-c4cccc(OCc5ccccc5)c4)c4c(N)ncnc43)C2)c1. The van der Waals surface area contributed by atoms with Gasteiger partial charge in [0.2, 0.25) is 0 Å². The van der Waals surface area contributed by atoms with Gasteiger partial charge in [0, 0.05) is 30.9 Å². The highest BCUT2D eigenvalue weighted by atomic mass is 16.5. The van der Waals surface area contributed by atoms with E-state index in [4.69, 9.17) is 10.5 Å². The van der Waals surface area contributed by atoms with Crippen molar-refractivity contribution in [2.75, 3.05) is 12.3 Å². The molecule has 0 radical (unpaired) electrons. The van der Waals surface area contributed by atoms with Crippen molar-refractivity contribution in [1.82, 2.24) is 25.2 Å². The van der Waals surface area contributed by atoms with Crippen LogP contribution in [0.5, 0.6) is 5.75 Å². The van der Waals surface area contributed by atoms with Crippen LogP contribution in [-0.4, -0.2) is 27.1 Å². The Labute approximate surface area is 239 Å². The highest BCUT2D eigenvalue weighted by molar-refractivity contribution is 6.00. The number of rotatable bonds is 9. The highest BCUT2D eigenvalue weighted by Crippen LogP contribution is 2.43. The van der Waals surface area contributed by atoms with Gasteiger partial charge in [0.05, 0.1) is 5.39 Å². The van der Waals surface area contributed by atoms with Crippen LogP contribution in [0.3, 0.4) is 0 Å². The molecule has 3 aromatic carbocycles. The summed E-state index contributed by atoms with van der Waals surface area (Å²) in [5.74, 6) is 1.65. The largest absolute Gasteiger partial charge is 0.489 e. The summed E-state index contributed by atoms with van der Waals surface area (Å²) in [5, 5.41) is 6.83. The van der Waals surface area contributed by atoms with Crippen LogP contribution in [0.25, 0.3) is 22.2 Å². The van der Waals surface area contributed by atoms with Gasteiger partial charge in [-0.2, -0.15) is 0 Å². The maximum Gasteiger partial charge on any atom is 0.315 e. The van der Waals surface area contributed by atoms with E-state index in [1.54, 1.807) is 0 Å². The molecule has 6 rings (SSSR count). The fourth-order valence-electron chi connectivity index (χ4n) is 5.50. The summed E-state index contributed by atoms with van der Waals surface area (Å²) in [5.41, 5.74) is 12.6. The number of carbonyl (C=O) groups is 1. The van der Waals surface area contributed by atoms with E-state index < -0.39 is 0 Å². The van der Waals surface area contributed by atoms with Crippen molar-refractivity contribution in [1.29, 1.82) is 0 Å². The monoisotopic (exact) mass is 546 g/mol. The van der Waals surface area contributed by atoms with Crippen molar-refractivity contribution < 1.29 is 9.53 Å². The molecule has 0 spiro atoms. The molecular formula is C33H34N6O2. The predicted molar refractivity (Wildman–Crippen MR) is 161 cm³/mol. The predicted octanol–water partition coefficient (Wildman–Crippen LogP) is 6.02. The molecule has 0 atom stereocenters. The lowest BCUT2D eigenvalue weighted by Crippen LogP contribution is -2.41. The van der Waals surface area contributed by atoms with Crippen molar-refractivity contribution in [2.45, 2.75) is 39.0 Å². The van der Waals surface area contributed by atoms with Crippen LogP contribution in [0.15, 0.2) is 91.4 Å². The van der Waals surface area contributed by atoms with Gasteiger partial charge in [-0.1, -0.05) is 72.3 Å². The number of fused-ring (bicyclic) bond motifs is 1. The lowest BCUT2D eigenvalue weighted by atomic mass is 9.80. The first-order valence-electron chi connectivity index (χ1n) is 14.0. The molecule has 0 unspecified atom stereocenters. The first-order valence-corrected chi connectivity index (χ1v) is 14.0. The molecule has 8 heteroatoms. The minimum Gasteiger partial charge on any atom is -0.489 e. The van der Waals surface area contributed by atoms with Crippen molar-refractivity contribution >= 4 is 22.9 Å².